The van der Waals surface area contributed by atoms with Crippen LogP contribution >= 0.6 is 0 Å². The van der Waals surface area contributed by atoms with Crippen molar-refractivity contribution in [3.63, 3.8) is 0 Å². The van der Waals surface area contributed by atoms with Crippen LogP contribution in [-0.2, 0) is 34.8 Å². The standard InChI is InChI=1S/C5H5.3CHO.Re/c1-2-4-5-3-1;3*1-2;/h1-5H;3*1H;/q4*-1;. The molecule has 0 saturated carbocycles. The van der Waals surface area contributed by atoms with Crippen LogP contribution in [0, 0.1) is 0 Å². The molecule has 0 heterocycles. The van der Waals surface area contributed by atoms with Crippen LogP contribution in [-0.4, -0.2) is 20.4 Å². The van der Waals surface area contributed by atoms with Crippen molar-refractivity contribution in [3.8, 4) is 0 Å². The Balaban J connectivity index is -0.0000000406. The number of carbonyl (C=O) groups excluding carboxylic acids is 3. The van der Waals surface area contributed by atoms with E-state index < -0.39 is 0 Å². The van der Waals surface area contributed by atoms with Gasteiger partial charge in [-0.25, -0.2) is 12.1 Å². The van der Waals surface area contributed by atoms with Gasteiger partial charge in [-0.1, -0.05) is 0 Å². The second-order valence-corrected chi connectivity index (χ2v) is 0.962. The minimum Gasteiger partial charge on any atom is -0.545 e. The average Bonchev–Trinajstić information content (AvgIpc) is 2.71. The molecule has 0 aliphatic heterocycles. The fraction of sp³-hybridized carbons (Fsp3) is 0. The van der Waals surface area contributed by atoms with E-state index in [4.69, 9.17) is 14.4 Å². The molecule has 0 aliphatic rings. The third-order valence-electron chi connectivity index (χ3n) is 0.556. The van der Waals surface area contributed by atoms with E-state index in [1.165, 1.54) is 0 Å². The largest absolute Gasteiger partial charge is 0.545 e. The van der Waals surface area contributed by atoms with E-state index in [0.29, 0.717) is 0 Å². The summed E-state index contributed by atoms with van der Waals surface area (Å²) in [5.74, 6) is 0. The molecular weight excluding hydrogens is 330 g/mol. The van der Waals surface area contributed by atoms with Gasteiger partial charge in [0.05, 0.1) is 0 Å². The molecule has 4 heteroatoms. The summed E-state index contributed by atoms with van der Waals surface area (Å²) in [5.41, 5.74) is 0. The van der Waals surface area contributed by atoms with Gasteiger partial charge in [-0.3, -0.25) is 20.4 Å². The quantitative estimate of drug-likeness (QED) is 0.514. The van der Waals surface area contributed by atoms with Gasteiger partial charge in [0, 0.05) is 20.4 Å². The minimum absolute atomic E-state index is 0. The molecule has 0 atom stereocenters. The van der Waals surface area contributed by atoms with Crippen molar-refractivity contribution in [3.05, 3.63) is 30.3 Å². The van der Waals surface area contributed by atoms with E-state index in [0.717, 1.165) is 0 Å². The molecule has 69 valence electrons. The van der Waals surface area contributed by atoms with Gasteiger partial charge in [-0.2, -0.15) is 18.2 Å². The zero-order valence-electron chi connectivity index (χ0n) is 6.22. The van der Waals surface area contributed by atoms with E-state index in [-0.39, 0.29) is 20.4 Å². The zero-order valence-corrected chi connectivity index (χ0v) is 8.94. The van der Waals surface area contributed by atoms with Crippen molar-refractivity contribution >= 4 is 20.4 Å². The molecule has 0 amide bonds. The van der Waals surface area contributed by atoms with Crippen LogP contribution in [0.25, 0.3) is 0 Å². The van der Waals surface area contributed by atoms with E-state index in [1.807, 2.05) is 30.3 Å². The maximum absolute atomic E-state index is 7.75. The van der Waals surface area contributed by atoms with Crippen molar-refractivity contribution in [2.75, 3.05) is 0 Å². The first-order valence-electron chi connectivity index (χ1n) is 2.37. The Morgan fingerprint density at radius 3 is 1.08 bits per heavy atom. The molecule has 1 rings (SSSR count). The summed E-state index contributed by atoms with van der Waals surface area (Å²) < 4.78 is 0. The topological polar surface area (TPSA) is 51.2 Å². The van der Waals surface area contributed by atoms with Crippen LogP contribution in [0.2, 0.25) is 0 Å². The average molecular weight is 338 g/mol. The molecule has 0 bridgehead atoms. The maximum atomic E-state index is 7.75. The van der Waals surface area contributed by atoms with E-state index in [9.17, 15) is 0 Å². The maximum Gasteiger partial charge on any atom is 0 e. The van der Waals surface area contributed by atoms with Crippen LogP contribution in [0.15, 0.2) is 30.3 Å². The summed E-state index contributed by atoms with van der Waals surface area (Å²) in [6, 6.07) is 10.0. The van der Waals surface area contributed by atoms with E-state index in [1.54, 1.807) is 0 Å². The van der Waals surface area contributed by atoms with Gasteiger partial charge in [0.15, 0.2) is 0 Å². The van der Waals surface area contributed by atoms with Gasteiger partial charge >= 0.3 is 0 Å². The fourth-order valence-corrected chi connectivity index (χ4v) is 0.321. The van der Waals surface area contributed by atoms with Gasteiger partial charge in [0.2, 0.25) is 0 Å². The zero-order chi connectivity index (χ0) is 9.54. The predicted octanol–water partition coefficient (Wildman–Crippen LogP) is 0.581. The van der Waals surface area contributed by atoms with Crippen molar-refractivity contribution in [1.29, 1.82) is 0 Å². The van der Waals surface area contributed by atoms with Crippen molar-refractivity contribution < 1.29 is 34.8 Å². The Hall–Kier alpha value is -0.978. The number of hydrogen-bond acceptors (Lipinski definition) is 3. The Morgan fingerprint density at radius 2 is 1.00 bits per heavy atom. The van der Waals surface area contributed by atoms with Crippen LogP contribution in [0.1, 0.15) is 0 Å². The molecule has 3 nitrogen and oxygen atoms in total. The van der Waals surface area contributed by atoms with Gasteiger partial charge in [0.25, 0.3) is 0 Å². The summed E-state index contributed by atoms with van der Waals surface area (Å²) in [6.45, 7) is 9.75. The third kappa shape index (κ3) is 35.9. The molecule has 0 aromatic heterocycles. The molecule has 0 fully saturated rings. The van der Waals surface area contributed by atoms with Crippen LogP contribution in [0.5, 0.6) is 0 Å². The van der Waals surface area contributed by atoms with Crippen molar-refractivity contribution in [2.24, 2.45) is 0 Å². The van der Waals surface area contributed by atoms with Crippen molar-refractivity contribution in [2.45, 2.75) is 0 Å². The third-order valence-corrected chi connectivity index (χ3v) is 0.556. The molecule has 0 spiro atoms. The molecule has 0 unspecified atom stereocenters. The Labute approximate surface area is 85.8 Å². The monoisotopic (exact) mass is 339 g/mol. The SMILES string of the molecule is [CH-]=O.[CH-]=O.[CH-]=O.[Re].c1cc[cH-]c1. The molecule has 0 aliphatic carbocycles. The molecule has 1 aromatic rings. The summed E-state index contributed by atoms with van der Waals surface area (Å²) >= 11 is 0. The normalized spacial score (nSPS) is 4.33. The Bertz CT molecular complexity index is 97.9. The van der Waals surface area contributed by atoms with Gasteiger partial charge in [0.1, 0.15) is 0 Å². The molecule has 1 aromatic carbocycles. The van der Waals surface area contributed by atoms with Crippen LogP contribution < -0.4 is 0 Å². The first kappa shape index (κ1) is 22.5. The summed E-state index contributed by atoms with van der Waals surface area (Å²) in [6.07, 6.45) is 0. The van der Waals surface area contributed by atoms with Crippen LogP contribution in [0.4, 0.5) is 0 Å². The second-order valence-electron chi connectivity index (χ2n) is 0.962. The first-order chi connectivity index (χ1) is 5.50. The Kier molecular flexibility index (Phi) is 94.3. The summed E-state index contributed by atoms with van der Waals surface area (Å²) in [7, 11) is 0. The molecule has 0 N–H and O–H groups in total. The van der Waals surface area contributed by atoms with Crippen LogP contribution in [0.3, 0.4) is 0 Å². The number of hydrogen-bond donors (Lipinski definition) is 0. The van der Waals surface area contributed by atoms with Crippen molar-refractivity contribution in [1.82, 2.24) is 0 Å². The molecule has 0 saturated heterocycles. The molecular formula is C8H8O3Re-4. The first-order valence-corrected chi connectivity index (χ1v) is 2.37. The van der Waals surface area contributed by atoms with E-state index >= 15 is 0 Å². The summed E-state index contributed by atoms with van der Waals surface area (Å²) in [5, 5.41) is 0. The molecule has 1 radical (unpaired) electrons. The predicted molar refractivity (Wildman–Crippen MR) is 42.3 cm³/mol. The summed E-state index contributed by atoms with van der Waals surface area (Å²) in [4.78, 5) is 23.2. The molecule has 12 heavy (non-hydrogen) atoms. The fourth-order valence-electron chi connectivity index (χ4n) is 0.321. The minimum atomic E-state index is 0. The smallest absolute Gasteiger partial charge is 0 e. The van der Waals surface area contributed by atoms with Gasteiger partial charge < -0.3 is 14.4 Å². The Morgan fingerprint density at radius 1 is 0.750 bits per heavy atom. The van der Waals surface area contributed by atoms with Gasteiger partial charge in [-0.05, 0) is 0 Å². The van der Waals surface area contributed by atoms with Gasteiger partial charge in [-0.15, -0.1) is 0 Å². The second kappa shape index (κ2) is 50.4. The number of rotatable bonds is 0. The van der Waals surface area contributed by atoms with E-state index in [2.05, 4.69) is 20.4 Å².